The Balaban J connectivity index is 0.000000148. The molecule has 3 aromatic rings. The average molecular weight is 355 g/mol. The standard InChI is InChI=1S/C8H6N4.C6H5Cl.C6H12/c9-4-5-2-1-3-6-7(5)12-8(10)11-6;7-6-4-2-1-3-5-6;1-6-4-2-3-5-6/h1-3H,(H3,10,11,12);1-5H;6H,2-5H2,1H3. The van der Waals surface area contributed by atoms with Crippen molar-refractivity contribution in [3.05, 3.63) is 59.1 Å². The molecule has 1 saturated carbocycles. The lowest BCUT2D eigenvalue weighted by Crippen LogP contribution is -1.84. The highest BCUT2D eigenvalue weighted by Crippen LogP contribution is 2.23. The van der Waals surface area contributed by atoms with Gasteiger partial charge in [-0.15, -0.1) is 0 Å². The highest BCUT2D eigenvalue weighted by atomic mass is 35.5. The molecule has 5 heteroatoms. The Morgan fingerprint density at radius 1 is 1.12 bits per heavy atom. The van der Waals surface area contributed by atoms with Crippen LogP contribution in [0.1, 0.15) is 38.2 Å². The number of anilines is 1. The molecule has 1 aliphatic rings. The summed E-state index contributed by atoms with van der Waals surface area (Å²) in [4.78, 5) is 6.83. The van der Waals surface area contributed by atoms with Crippen molar-refractivity contribution in [1.82, 2.24) is 9.97 Å². The lowest BCUT2D eigenvalue weighted by atomic mass is 10.2. The first-order valence-electron chi connectivity index (χ1n) is 8.45. The molecule has 0 aliphatic heterocycles. The topological polar surface area (TPSA) is 78.5 Å². The van der Waals surface area contributed by atoms with Gasteiger partial charge in [-0.3, -0.25) is 0 Å². The molecule has 2 aromatic carbocycles. The van der Waals surface area contributed by atoms with Crippen molar-refractivity contribution < 1.29 is 0 Å². The fraction of sp³-hybridized carbons (Fsp3) is 0.300. The fourth-order valence-electron chi connectivity index (χ4n) is 2.69. The van der Waals surface area contributed by atoms with Crippen molar-refractivity contribution in [3.8, 4) is 6.07 Å². The van der Waals surface area contributed by atoms with Crippen LogP contribution in [-0.2, 0) is 0 Å². The smallest absolute Gasteiger partial charge is 0.198 e. The number of para-hydroxylation sites is 1. The number of nitrogens with zero attached hydrogens (tertiary/aromatic N) is 2. The van der Waals surface area contributed by atoms with E-state index in [9.17, 15) is 0 Å². The largest absolute Gasteiger partial charge is 0.369 e. The minimum absolute atomic E-state index is 0.340. The maximum atomic E-state index is 8.70. The van der Waals surface area contributed by atoms with Crippen LogP contribution in [0.15, 0.2) is 48.5 Å². The molecule has 130 valence electrons. The van der Waals surface area contributed by atoms with E-state index >= 15 is 0 Å². The summed E-state index contributed by atoms with van der Waals surface area (Å²) >= 11 is 5.54. The van der Waals surface area contributed by atoms with Crippen LogP contribution in [0, 0.1) is 17.2 Å². The Bertz CT molecular complexity index is 815. The first-order chi connectivity index (χ1) is 12.1. The van der Waals surface area contributed by atoms with E-state index in [0.717, 1.165) is 16.5 Å². The summed E-state index contributed by atoms with van der Waals surface area (Å²) in [5, 5.41) is 9.49. The van der Waals surface area contributed by atoms with Crippen LogP contribution >= 0.6 is 11.6 Å². The number of hydrogen-bond acceptors (Lipinski definition) is 3. The zero-order valence-electron chi connectivity index (χ0n) is 14.4. The molecule has 1 fully saturated rings. The maximum Gasteiger partial charge on any atom is 0.198 e. The second kappa shape index (κ2) is 9.71. The summed E-state index contributed by atoms with van der Waals surface area (Å²) < 4.78 is 0. The molecule has 0 spiro atoms. The minimum Gasteiger partial charge on any atom is -0.369 e. The number of hydrogen-bond donors (Lipinski definition) is 2. The number of fused-ring (bicyclic) bond motifs is 1. The van der Waals surface area contributed by atoms with Crippen molar-refractivity contribution in [2.75, 3.05) is 5.73 Å². The van der Waals surface area contributed by atoms with Crippen molar-refractivity contribution >= 4 is 28.6 Å². The highest BCUT2D eigenvalue weighted by Gasteiger charge is 2.07. The van der Waals surface area contributed by atoms with Crippen molar-refractivity contribution in [2.45, 2.75) is 32.6 Å². The maximum absolute atomic E-state index is 8.70. The molecule has 4 nitrogen and oxygen atoms in total. The van der Waals surface area contributed by atoms with Gasteiger partial charge in [0.05, 0.1) is 11.1 Å². The molecule has 3 N–H and O–H groups in total. The number of rotatable bonds is 0. The molecule has 0 amide bonds. The summed E-state index contributed by atoms with van der Waals surface area (Å²) in [6.45, 7) is 2.34. The van der Waals surface area contributed by atoms with E-state index in [-0.39, 0.29) is 0 Å². The molecule has 4 rings (SSSR count). The van der Waals surface area contributed by atoms with Gasteiger partial charge in [0.1, 0.15) is 11.6 Å². The normalized spacial score (nSPS) is 13.3. The quantitative estimate of drug-likeness (QED) is 0.555. The number of H-pyrrole nitrogens is 1. The molecule has 0 atom stereocenters. The van der Waals surface area contributed by atoms with E-state index in [4.69, 9.17) is 22.6 Å². The van der Waals surface area contributed by atoms with Gasteiger partial charge in [-0.1, -0.05) is 68.5 Å². The fourth-order valence-corrected chi connectivity index (χ4v) is 2.83. The van der Waals surface area contributed by atoms with Gasteiger partial charge in [0, 0.05) is 5.02 Å². The monoisotopic (exact) mass is 354 g/mol. The van der Waals surface area contributed by atoms with Crippen LogP contribution in [-0.4, -0.2) is 9.97 Å². The van der Waals surface area contributed by atoms with E-state index in [1.54, 1.807) is 12.1 Å². The van der Waals surface area contributed by atoms with E-state index in [1.807, 2.05) is 42.5 Å². The Morgan fingerprint density at radius 3 is 2.28 bits per heavy atom. The molecule has 1 heterocycles. The number of nitrogens with two attached hydrogens (primary N) is 1. The Kier molecular flexibility index (Phi) is 7.31. The molecule has 25 heavy (non-hydrogen) atoms. The third-order valence-corrected chi connectivity index (χ3v) is 4.28. The number of aromatic nitrogens is 2. The predicted octanol–water partition coefficient (Wildman–Crippen LogP) is 5.55. The highest BCUT2D eigenvalue weighted by molar-refractivity contribution is 6.30. The van der Waals surface area contributed by atoms with Gasteiger partial charge >= 0.3 is 0 Å². The summed E-state index contributed by atoms with van der Waals surface area (Å²) in [5.74, 6) is 1.39. The van der Waals surface area contributed by atoms with Gasteiger partial charge < -0.3 is 10.7 Å². The molecule has 1 aromatic heterocycles. The zero-order valence-corrected chi connectivity index (χ0v) is 15.1. The molecule has 0 bridgehead atoms. The van der Waals surface area contributed by atoms with Gasteiger partial charge in [-0.25, -0.2) is 4.98 Å². The molecule has 0 saturated heterocycles. The number of imidazole rings is 1. The average Bonchev–Trinajstić information content (AvgIpc) is 3.24. The van der Waals surface area contributed by atoms with Crippen LogP contribution in [0.3, 0.4) is 0 Å². The lowest BCUT2D eigenvalue weighted by Gasteiger charge is -1.91. The second-order valence-electron chi connectivity index (χ2n) is 6.12. The second-order valence-corrected chi connectivity index (χ2v) is 6.56. The van der Waals surface area contributed by atoms with Gasteiger partial charge in [-0.05, 0) is 30.2 Å². The van der Waals surface area contributed by atoms with Crippen LogP contribution in [0.4, 0.5) is 5.95 Å². The Hall–Kier alpha value is -2.51. The van der Waals surface area contributed by atoms with Gasteiger partial charge in [0.15, 0.2) is 5.95 Å². The van der Waals surface area contributed by atoms with Crippen LogP contribution in [0.2, 0.25) is 5.02 Å². The van der Waals surface area contributed by atoms with Crippen molar-refractivity contribution in [2.24, 2.45) is 5.92 Å². The molecule has 0 radical (unpaired) electrons. The number of nitrogen functional groups attached to an aromatic ring is 1. The van der Waals surface area contributed by atoms with Crippen molar-refractivity contribution in [3.63, 3.8) is 0 Å². The Labute approximate surface area is 153 Å². The molecule has 1 aliphatic carbocycles. The minimum atomic E-state index is 0.340. The van der Waals surface area contributed by atoms with Gasteiger partial charge in [0.25, 0.3) is 0 Å². The summed E-state index contributed by atoms with van der Waals surface area (Å²) in [5.41, 5.74) is 7.41. The number of nitrogens with one attached hydrogen (secondary N) is 1. The number of halogens is 1. The number of aromatic amines is 1. The predicted molar refractivity (Wildman–Crippen MR) is 104 cm³/mol. The lowest BCUT2D eigenvalue weighted by molar-refractivity contribution is 0.612. The Morgan fingerprint density at radius 2 is 1.80 bits per heavy atom. The summed E-state index contributed by atoms with van der Waals surface area (Å²) in [7, 11) is 0. The SMILES string of the molecule is CC1CCCC1.Clc1ccccc1.N#Cc1cccc2[nH]c(N)nc12. The van der Waals surface area contributed by atoms with E-state index in [1.165, 1.54) is 25.7 Å². The van der Waals surface area contributed by atoms with E-state index in [0.29, 0.717) is 17.0 Å². The molecular formula is C20H23ClN4. The van der Waals surface area contributed by atoms with Crippen LogP contribution in [0.25, 0.3) is 11.0 Å². The zero-order chi connectivity index (χ0) is 18.1. The van der Waals surface area contributed by atoms with Crippen LogP contribution in [0.5, 0.6) is 0 Å². The van der Waals surface area contributed by atoms with Gasteiger partial charge in [-0.2, -0.15) is 5.26 Å². The summed E-state index contributed by atoms with van der Waals surface area (Å²) in [6, 6.07) is 16.8. The number of benzene rings is 2. The third kappa shape index (κ3) is 6.13. The first kappa shape index (κ1) is 18.8. The summed E-state index contributed by atoms with van der Waals surface area (Å²) in [6.07, 6.45) is 5.95. The van der Waals surface area contributed by atoms with Gasteiger partial charge in [0.2, 0.25) is 0 Å². The molecule has 0 unspecified atom stereocenters. The van der Waals surface area contributed by atoms with Crippen molar-refractivity contribution in [1.29, 1.82) is 5.26 Å². The third-order valence-electron chi connectivity index (χ3n) is 4.03. The van der Waals surface area contributed by atoms with E-state index < -0.39 is 0 Å². The van der Waals surface area contributed by atoms with E-state index in [2.05, 4.69) is 16.9 Å². The van der Waals surface area contributed by atoms with Crippen LogP contribution < -0.4 is 5.73 Å². The number of nitriles is 1. The first-order valence-corrected chi connectivity index (χ1v) is 8.82. The molecular weight excluding hydrogens is 332 g/mol.